The zero-order valence-electron chi connectivity index (χ0n) is 22.6. The Bertz CT molecular complexity index is 951. The fourth-order valence-electron chi connectivity index (χ4n) is 4.38. The Labute approximate surface area is 211 Å². The zero-order valence-corrected chi connectivity index (χ0v) is 23.4. The van der Waals surface area contributed by atoms with Gasteiger partial charge in [0, 0.05) is 5.92 Å². The molecule has 1 heterocycles. The number of aliphatic hydroxyl groups is 1. The smallest absolute Gasteiger partial charge is 0.412 e. The second-order valence-electron chi connectivity index (χ2n) is 11.3. The van der Waals surface area contributed by atoms with Gasteiger partial charge in [-0.15, -0.1) is 0 Å². The van der Waals surface area contributed by atoms with E-state index in [9.17, 15) is 18.3 Å². The minimum Gasteiger partial charge on any atom is -0.444 e. The van der Waals surface area contributed by atoms with Crippen LogP contribution in [0.4, 0.5) is 4.79 Å². The van der Waals surface area contributed by atoms with Crippen LogP contribution in [0.1, 0.15) is 73.8 Å². The molecule has 1 fully saturated rings. The second kappa shape index (κ2) is 11.2. The lowest BCUT2D eigenvalue weighted by Gasteiger charge is -2.36. The Kier molecular flexibility index (Phi) is 9.41. The standard InChI is InChI=1S/C26H43NO7S/c1-10-19(16-32-35(30,31)20-13-11-18(4)12-14-20)22(28)23-21(15-17(2)3)27(26(8,9)33-23)24(29)34-25(5,6)7/h11-14,17,19,21-23,28H,10,15-16H2,1-9H3/t19-,21-,22-,23+/m0/s1. The van der Waals surface area contributed by atoms with Crippen LogP contribution >= 0.6 is 0 Å². The first-order valence-electron chi connectivity index (χ1n) is 12.3. The van der Waals surface area contributed by atoms with Crippen molar-refractivity contribution in [2.75, 3.05) is 6.61 Å². The maximum Gasteiger partial charge on any atom is 0.412 e. The molecule has 1 aliphatic heterocycles. The van der Waals surface area contributed by atoms with Gasteiger partial charge in [0.15, 0.2) is 0 Å². The molecule has 1 aliphatic rings. The molecule has 0 saturated carbocycles. The predicted octanol–water partition coefficient (Wildman–Crippen LogP) is 4.87. The van der Waals surface area contributed by atoms with Gasteiger partial charge in [0.25, 0.3) is 10.1 Å². The number of hydrogen-bond acceptors (Lipinski definition) is 7. The number of aliphatic hydroxyl groups excluding tert-OH is 1. The van der Waals surface area contributed by atoms with E-state index in [-0.39, 0.29) is 17.4 Å². The summed E-state index contributed by atoms with van der Waals surface area (Å²) < 4.78 is 42.6. The Balaban J connectivity index is 2.26. The quantitative estimate of drug-likeness (QED) is 0.470. The van der Waals surface area contributed by atoms with E-state index in [0.29, 0.717) is 12.8 Å². The van der Waals surface area contributed by atoms with Gasteiger partial charge >= 0.3 is 6.09 Å². The number of nitrogens with zero attached hydrogens (tertiary/aromatic N) is 1. The molecule has 0 aliphatic carbocycles. The highest BCUT2D eigenvalue weighted by Gasteiger charge is 2.54. The van der Waals surface area contributed by atoms with Crippen molar-refractivity contribution >= 4 is 16.2 Å². The van der Waals surface area contributed by atoms with Crippen molar-refractivity contribution in [2.45, 2.75) is 110 Å². The number of ether oxygens (including phenoxy) is 2. The van der Waals surface area contributed by atoms with Crippen LogP contribution in [0.2, 0.25) is 0 Å². The molecule has 200 valence electrons. The summed E-state index contributed by atoms with van der Waals surface area (Å²) in [5, 5.41) is 11.4. The molecule has 0 unspecified atom stereocenters. The Morgan fingerprint density at radius 3 is 2.26 bits per heavy atom. The number of rotatable bonds is 9. The van der Waals surface area contributed by atoms with Crippen LogP contribution in [0.3, 0.4) is 0 Å². The lowest BCUT2D eigenvalue weighted by Crippen LogP contribution is -2.52. The van der Waals surface area contributed by atoms with Gasteiger partial charge in [-0.05, 0) is 72.4 Å². The van der Waals surface area contributed by atoms with Crippen LogP contribution in [0.15, 0.2) is 29.2 Å². The fraction of sp³-hybridized carbons (Fsp3) is 0.731. The molecule has 2 rings (SSSR count). The van der Waals surface area contributed by atoms with E-state index in [0.717, 1.165) is 5.56 Å². The van der Waals surface area contributed by atoms with Gasteiger partial charge in [-0.25, -0.2) is 4.79 Å². The van der Waals surface area contributed by atoms with E-state index >= 15 is 0 Å². The van der Waals surface area contributed by atoms with Crippen molar-refractivity contribution in [2.24, 2.45) is 11.8 Å². The Hall–Kier alpha value is -1.68. The molecule has 1 N–H and O–H groups in total. The summed E-state index contributed by atoms with van der Waals surface area (Å²) in [7, 11) is -3.98. The van der Waals surface area contributed by atoms with Crippen molar-refractivity contribution in [3.63, 3.8) is 0 Å². The molecule has 0 spiro atoms. The summed E-state index contributed by atoms with van der Waals surface area (Å²) in [4.78, 5) is 14.8. The van der Waals surface area contributed by atoms with Crippen LogP contribution in [-0.2, 0) is 23.8 Å². The average molecular weight is 514 g/mol. The minimum absolute atomic E-state index is 0.0690. The van der Waals surface area contributed by atoms with Crippen LogP contribution in [-0.4, -0.2) is 60.7 Å². The van der Waals surface area contributed by atoms with Gasteiger partial charge < -0.3 is 14.6 Å². The molecule has 0 bridgehead atoms. The first kappa shape index (κ1) is 29.5. The van der Waals surface area contributed by atoms with Gasteiger partial charge in [-0.2, -0.15) is 8.42 Å². The summed E-state index contributed by atoms with van der Waals surface area (Å²) in [6, 6.07) is 5.97. The lowest BCUT2D eigenvalue weighted by atomic mass is 9.88. The number of carbonyl (C=O) groups is 1. The molecule has 1 amide bonds. The molecule has 1 aromatic rings. The largest absolute Gasteiger partial charge is 0.444 e. The third-order valence-electron chi connectivity index (χ3n) is 6.11. The molecule has 0 aromatic heterocycles. The molecular weight excluding hydrogens is 470 g/mol. The molecule has 8 nitrogen and oxygen atoms in total. The van der Waals surface area contributed by atoms with Crippen molar-refractivity contribution < 1.29 is 32.0 Å². The third-order valence-corrected chi connectivity index (χ3v) is 7.41. The first-order chi connectivity index (χ1) is 16.0. The van der Waals surface area contributed by atoms with Crippen LogP contribution in [0.5, 0.6) is 0 Å². The van der Waals surface area contributed by atoms with Gasteiger partial charge in [-0.3, -0.25) is 9.08 Å². The highest BCUT2D eigenvalue weighted by Crippen LogP contribution is 2.39. The molecule has 4 atom stereocenters. The molecule has 1 aromatic carbocycles. The van der Waals surface area contributed by atoms with E-state index in [2.05, 4.69) is 0 Å². The highest BCUT2D eigenvalue weighted by molar-refractivity contribution is 7.86. The molecule has 1 saturated heterocycles. The van der Waals surface area contributed by atoms with Crippen molar-refractivity contribution in [3.05, 3.63) is 29.8 Å². The maximum atomic E-state index is 13.2. The summed E-state index contributed by atoms with van der Waals surface area (Å²) >= 11 is 0. The van der Waals surface area contributed by atoms with E-state index in [1.165, 1.54) is 12.1 Å². The average Bonchev–Trinajstić information content (AvgIpc) is 2.96. The molecular formula is C26H43NO7S. The second-order valence-corrected chi connectivity index (χ2v) is 12.9. The van der Waals surface area contributed by atoms with Gasteiger partial charge in [-0.1, -0.05) is 38.5 Å². The first-order valence-corrected chi connectivity index (χ1v) is 13.7. The highest BCUT2D eigenvalue weighted by atomic mass is 32.2. The van der Waals surface area contributed by atoms with Crippen LogP contribution in [0.25, 0.3) is 0 Å². The zero-order chi connectivity index (χ0) is 26.8. The fourth-order valence-corrected chi connectivity index (χ4v) is 5.34. The number of hydrogen-bond donors (Lipinski definition) is 1. The van der Waals surface area contributed by atoms with E-state index in [1.54, 1.807) is 51.7 Å². The Morgan fingerprint density at radius 2 is 1.77 bits per heavy atom. The molecule has 0 radical (unpaired) electrons. The van der Waals surface area contributed by atoms with Gasteiger partial charge in [0.2, 0.25) is 0 Å². The maximum absolute atomic E-state index is 13.2. The van der Waals surface area contributed by atoms with Crippen LogP contribution in [0, 0.1) is 18.8 Å². The van der Waals surface area contributed by atoms with E-state index in [4.69, 9.17) is 13.7 Å². The van der Waals surface area contributed by atoms with Gasteiger partial charge in [0.05, 0.1) is 23.6 Å². The number of aryl methyl sites for hydroxylation is 1. The van der Waals surface area contributed by atoms with Crippen molar-refractivity contribution in [1.29, 1.82) is 0 Å². The number of carbonyl (C=O) groups excluding carboxylic acids is 1. The molecule has 35 heavy (non-hydrogen) atoms. The summed E-state index contributed by atoms with van der Waals surface area (Å²) in [6.07, 6.45) is -1.23. The minimum atomic E-state index is -3.98. The third kappa shape index (κ3) is 7.65. The molecule has 9 heteroatoms. The van der Waals surface area contributed by atoms with Crippen molar-refractivity contribution in [3.8, 4) is 0 Å². The topological polar surface area (TPSA) is 102 Å². The number of amides is 1. The summed E-state index contributed by atoms with van der Waals surface area (Å²) in [6.45, 7) is 16.6. The van der Waals surface area contributed by atoms with E-state index in [1.807, 2.05) is 27.7 Å². The summed E-state index contributed by atoms with van der Waals surface area (Å²) in [5.74, 6) is -0.306. The van der Waals surface area contributed by atoms with Crippen LogP contribution < -0.4 is 0 Å². The van der Waals surface area contributed by atoms with E-state index < -0.39 is 51.7 Å². The normalized spacial score (nSPS) is 22.3. The number of benzene rings is 1. The SMILES string of the molecule is CC[C@@H](COS(=O)(=O)c1ccc(C)cc1)[C@H](O)[C@@H]1OC(C)(C)N(C(=O)OC(C)(C)C)[C@H]1CC(C)C. The predicted molar refractivity (Wildman–Crippen MR) is 134 cm³/mol. The monoisotopic (exact) mass is 513 g/mol. The van der Waals surface area contributed by atoms with Crippen molar-refractivity contribution in [1.82, 2.24) is 4.90 Å². The van der Waals surface area contributed by atoms with Gasteiger partial charge in [0.1, 0.15) is 17.4 Å². The Morgan fingerprint density at radius 1 is 1.20 bits per heavy atom. The summed E-state index contributed by atoms with van der Waals surface area (Å²) in [5.41, 5.74) is -0.755. The lowest BCUT2D eigenvalue weighted by molar-refractivity contribution is -0.116.